The number of aryl methyl sites for hydroxylation is 1. The molecule has 0 saturated carbocycles. The zero-order chi connectivity index (χ0) is 21.6. The molecule has 0 amide bonds. The molecule has 1 atom stereocenters. The van der Waals surface area contributed by atoms with Crippen LogP contribution >= 0.6 is 0 Å². The Morgan fingerprint density at radius 1 is 0.833 bits per heavy atom. The first-order valence-electron chi connectivity index (χ1n) is 11.6. The summed E-state index contributed by atoms with van der Waals surface area (Å²) < 4.78 is 13.9. The Balaban J connectivity index is 1.86. The molecule has 2 rings (SSSR count). The monoisotopic (exact) mass is 413 g/mol. The molecule has 3 nitrogen and oxygen atoms in total. The van der Waals surface area contributed by atoms with Gasteiger partial charge in [-0.25, -0.2) is 4.39 Å². The summed E-state index contributed by atoms with van der Waals surface area (Å²) >= 11 is 0. The topological polar surface area (TPSA) is 43.1 Å². The number of halogens is 1. The molecule has 0 N–H and O–H groups in total. The Hall–Kier alpha value is -2.23. The molecule has 0 heterocycles. The molecule has 30 heavy (non-hydrogen) atoms. The number of unbranched alkanes of at least 4 members (excludes halogenated alkanes) is 7. The third kappa shape index (κ3) is 8.64. The van der Waals surface area contributed by atoms with Crippen LogP contribution in [0.5, 0.6) is 0 Å². The second-order valence-electron chi connectivity index (χ2n) is 8.29. The Labute approximate surface area is 180 Å². The number of nitrogens with zero attached hydrogens (tertiary/aromatic N) is 1. The van der Waals surface area contributed by atoms with Gasteiger partial charge in [-0.1, -0.05) is 88.6 Å². The van der Waals surface area contributed by atoms with E-state index in [-0.39, 0.29) is 16.4 Å². The van der Waals surface area contributed by atoms with Gasteiger partial charge >= 0.3 is 0 Å². The fraction of sp³-hybridized carbons (Fsp3) is 0.538. The molecule has 2 aromatic carbocycles. The molecule has 164 valence electrons. The van der Waals surface area contributed by atoms with Gasteiger partial charge in [0.15, 0.2) is 0 Å². The fourth-order valence-electron chi connectivity index (χ4n) is 4.11. The average Bonchev–Trinajstić information content (AvgIpc) is 2.75. The molecule has 1 unspecified atom stereocenters. The highest BCUT2D eigenvalue weighted by atomic mass is 19.1. The predicted octanol–water partition coefficient (Wildman–Crippen LogP) is 8.37. The van der Waals surface area contributed by atoms with Crippen molar-refractivity contribution in [3.05, 3.63) is 75.6 Å². The maximum absolute atomic E-state index is 13.9. The van der Waals surface area contributed by atoms with Gasteiger partial charge in [-0.15, -0.1) is 0 Å². The maximum Gasteiger partial charge on any atom is 0.269 e. The number of non-ortho nitro benzene ring substituents is 1. The number of benzene rings is 2. The number of nitro groups is 1. The van der Waals surface area contributed by atoms with Crippen LogP contribution in [-0.4, -0.2) is 4.92 Å². The van der Waals surface area contributed by atoms with Gasteiger partial charge in [-0.05, 0) is 48.8 Å². The van der Waals surface area contributed by atoms with Crippen LogP contribution in [0.15, 0.2) is 48.5 Å². The van der Waals surface area contributed by atoms with E-state index in [9.17, 15) is 14.5 Å². The minimum atomic E-state index is -0.352. The van der Waals surface area contributed by atoms with Crippen molar-refractivity contribution in [3.63, 3.8) is 0 Å². The summed E-state index contributed by atoms with van der Waals surface area (Å²) in [7, 11) is 0. The van der Waals surface area contributed by atoms with Crippen LogP contribution in [0, 0.1) is 15.9 Å². The van der Waals surface area contributed by atoms with Gasteiger partial charge in [-0.2, -0.15) is 0 Å². The lowest BCUT2D eigenvalue weighted by atomic mass is 9.87. The maximum atomic E-state index is 13.9. The molecule has 0 spiro atoms. The second kappa shape index (κ2) is 13.9. The first kappa shape index (κ1) is 24.0. The Bertz CT molecular complexity index is 745. The van der Waals surface area contributed by atoms with Gasteiger partial charge in [-0.3, -0.25) is 10.1 Å². The van der Waals surface area contributed by atoms with E-state index in [1.165, 1.54) is 57.4 Å². The molecule has 4 heteroatoms. The molecule has 0 aliphatic rings. The summed E-state index contributed by atoms with van der Waals surface area (Å²) in [5.74, 6) is 0.241. The minimum Gasteiger partial charge on any atom is -0.258 e. The molecule has 0 radical (unpaired) electrons. The van der Waals surface area contributed by atoms with Gasteiger partial charge in [0.1, 0.15) is 5.82 Å². The summed E-state index contributed by atoms with van der Waals surface area (Å²) in [6, 6.07) is 14.0. The highest BCUT2D eigenvalue weighted by Crippen LogP contribution is 2.30. The van der Waals surface area contributed by atoms with Crippen LogP contribution in [0.25, 0.3) is 0 Å². The molecule has 0 aliphatic carbocycles. The lowest BCUT2D eigenvalue weighted by Gasteiger charge is -2.18. The van der Waals surface area contributed by atoms with Gasteiger partial charge < -0.3 is 0 Å². The predicted molar refractivity (Wildman–Crippen MR) is 122 cm³/mol. The summed E-state index contributed by atoms with van der Waals surface area (Å²) in [6.45, 7) is 2.24. The van der Waals surface area contributed by atoms with E-state index in [0.29, 0.717) is 5.92 Å². The van der Waals surface area contributed by atoms with Crippen molar-refractivity contribution in [3.8, 4) is 0 Å². The largest absolute Gasteiger partial charge is 0.269 e. The molecule has 0 fully saturated rings. The molecule has 0 aromatic heterocycles. The number of hydrogen-bond donors (Lipinski definition) is 0. The second-order valence-corrected chi connectivity index (χ2v) is 8.29. The van der Waals surface area contributed by atoms with E-state index in [0.717, 1.165) is 36.8 Å². The zero-order valence-electron chi connectivity index (χ0n) is 18.3. The molecular weight excluding hydrogens is 377 g/mol. The Morgan fingerprint density at radius 3 is 2.07 bits per heavy atom. The highest BCUT2D eigenvalue weighted by Gasteiger charge is 2.14. The summed E-state index contributed by atoms with van der Waals surface area (Å²) in [6.07, 6.45) is 14.0. The van der Waals surface area contributed by atoms with Gasteiger partial charge in [0.05, 0.1) is 4.92 Å². The van der Waals surface area contributed by atoms with E-state index >= 15 is 0 Å². The number of hydrogen-bond acceptors (Lipinski definition) is 2. The van der Waals surface area contributed by atoms with Crippen LogP contribution in [0.1, 0.15) is 94.6 Å². The molecular formula is C26H36FNO2. The third-order valence-corrected chi connectivity index (χ3v) is 5.94. The molecule has 0 saturated heterocycles. The minimum absolute atomic E-state index is 0.132. The summed E-state index contributed by atoms with van der Waals surface area (Å²) in [4.78, 5) is 10.6. The van der Waals surface area contributed by atoms with Crippen LogP contribution in [-0.2, 0) is 6.42 Å². The third-order valence-electron chi connectivity index (χ3n) is 5.94. The van der Waals surface area contributed by atoms with Gasteiger partial charge in [0.25, 0.3) is 5.69 Å². The molecule has 0 aliphatic heterocycles. The summed E-state index contributed by atoms with van der Waals surface area (Å²) in [5, 5.41) is 11.0. The highest BCUT2D eigenvalue weighted by molar-refractivity contribution is 5.34. The Kier molecular flexibility index (Phi) is 11.1. The van der Waals surface area contributed by atoms with E-state index < -0.39 is 0 Å². The molecule has 0 bridgehead atoms. The van der Waals surface area contributed by atoms with Crippen molar-refractivity contribution in [2.45, 2.75) is 89.9 Å². The van der Waals surface area contributed by atoms with E-state index in [1.807, 2.05) is 24.3 Å². The van der Waals surface area contributed by atoms with Crippen LogP contribution in [0.4, 0.5) is 10.1 Å². The average molecular weight is 414 g/mol. The van der Waals surface area contributed by atoms with Crippen molar-refractivity contribution in [1.29, 1.82) is 0 Å². The molecule has 2 aromatic rings. The van der Waals surface area contributed by atoms with Crippen molar-refractivity contribution < 1.29 is 9.31 Å². The van der Waals surface area contributed by atoms with Crippen LogP contribution < -0.4 is 0 Å². The first-order valence-corrected chi connectivity index (χ1v) is 11.6. The van der Waals surface area contributed by atoms with Gasteiger partial charge in [0.2, 0.25) is 0 Å². The van der Waals surface area contributed by atoms with E-state index in [1.54, 1.807) is 18.2 Å². The smallest absolute Gasteiger partial charge is 0.258 e. The zero-order valence-corrected chi connectivity index (χ0v) is 18.3. The standard InChI is InChI=1S/C26H36FNO2/c1-2-3-4-5-6-7-8-9-13-22(23-18-20-25(21-19-23)28(29)30)15-12-16-24-14-10-11-17-26(24)27/h10-11,14,17-22H,2-9,12-13,15-16H2,1H3. The first-order chi connectivity index (χ1) is 14.6. The van der Waals surface area contributed by atoms with E-state index in [2.05, 4.69) is 6.92 Å². The lowest BCUT2D eigenvalue weighted by Crippen LogP contribution is -2.02. The van der Waals surface area contributed by atoms with Crippen molar-refractivity contribution in [2.24, 2.45) is 0 Å². The van der Waals surface area contributed by atoms with Crippen LogP contribution in [0.3, 0.4) is 0 Å². The van der Waals surface area contributed by atoms with Crippen molar-refractivity contribution in [1.82, 2.24) is 0 Å². The van der Waals surface area contributed by atoms with Crippen molar-refractivity contribution in [2.75, 3.05) is 0 Å². The lowest BCUT2D eigenvalue weighted by molar-refractivity contribution is -0.384. The van der Waals surface area contributed by atoms with Crippen molar-refractivity contribution >= 4 is 5.69 Å². The van der Waals surface area contributed by atoms with E-state index in [4.69, 9.17) is 0 Å². The number of nitro benzene ring substituents is 1. The van der Waals surface area contributed by atoms with Gasteiger partial charge in [0, 0.05) is 12.1 Å². The Morgan fingerprint density at radius 2 is 1.43 bits per heavy atom. The summed E-state index contributed by atoms with van der Waals surface area (Å²) in [5.41, 5.74) is 2.07. The quantitative estimate of drug-likeness (QED) is 0.167. The van der Waals surface area contributed by atoms with Crippen LogP contribution in [0.2, 0.25) is 0 Å². The fourth-order valence-corrected chi connectivity index (χ4v) is 4.11. The SMILES string of the molecule is CCCCCCCCCCC(CCCc1ccccc1F)c1ccc([N+](=O)[O-])cc1. The number of rotatable bonds is 15. The normalized spacial score (nSPS) is 12.1.